The van der Waals surface area contributed by atoms with E-state index >= 15 is 0 Å². The van der Waals surface area contributed by atoms with Gasteiger partial charge in [-0.05, 0) is 29.8 Å². The fraction of sp³-hybridized carbons (Fsp3) is 0.375. The fourth-order valence-electron chi connectivity index (χ4n) is 3.01. The molecule has 6 nitrogen and oxygen atoms in total. The SMILES string of the molecule is C[CH-]C.O=[C-]C(OC(=O)N1CCN(Cc2cccc(Oc3ccccc3)c2)CC1)C(F)(F)F.[V+2]. The first-order valence-electron chi connectivity index (χ1n) is 10.4. The van der Waals surface area contributed by atoms with Crippen LogP contribution in [0.5, 0.6) is 11.5 Å². The Hall–Kier alpha value is -2.49. The average molecular weight is 515 g/mol. The van der Waals surface area contributed by atoms with E-state index in [1.54, 1.807) is 0 Å². The smallest absolute Gasteiger partial charge is 0.538 e. The van der Waals surface area contributed by atoms with Gasteiger partial charge in [0.1, 0.15) is 17.6 Å². The summed E-state index contributed by atoms with van der Waals surface area (Å²) in [4.78, 5) is 25.5. The number of piperazine rings is 1. The van der Waals surface area contributed by atoms with Crippen LogP contribution in [0, 0.1) is 6.42 Å². The van der Waals surface area contributed by atoms with Gasteiger partial charge in [0.05, 0.1) is 0 Å². The molecule has 1 aliphatic rings. The summed E-state index contributed by atoms with van der Waals surface area (Å²) in [7, 11) is 0. The Labute approximate surface area is 209 Å². The van der Waals surface area contributed by atoms with Gasteiger partial charge < -0.3 is 25.6 Å². The minimum atomic E-state index is -4.97. The second kappa shape index (κ2) is 14.7. The summed E-state index contributed by atoms with van der Waals surface area (Å²) >= 11 is 0. The molecule has 1 atom stereocenters. The molecule has 1 amide bonds. The van der Waals surface area contributed by atoms with Crippen molar-refractivity contribution in [2.45, 2.75) is 32.7 Å². The Morgan fingerprint density at radius 1 is 1.03 bits per heavy atom. The third-order valence-electron chi connectivity index (χ3n) is 4.54. The van der Waals surface area contributed by atoms with Crippen LogP contribution in [0.25, 0.3) is 0 Å². The number of benzene rings is 2. The molecule has 34 heavy (non-hydrogen) atoms. The summed E-state index contributed by atoms with van der Waals surface area (Å²) < 4.78 is 47.7. The normalized spacial score (nSPS) is 14.7. The molecule has 0 spiro atoms. The van der Waals surface area contributed by atoms with Crippen LogP contribution in [0.3, 0.4) is 0 Å². The third kappa shape index (κ3) is 9.79. The molecule has 0 N–H and O–H groups in total. The van der Waals surface area contributed by atoms with Crippen LogP contribution < -0.4 is 4.74 Å². The van der Waals surface area contributed by atoms with Crippen LogP contribution >= 0.6 is 0 Å². The monoisotopic (exact) mass is 515 g/mol. The minimum absolute atomic E-state index is 0. The van der Waals surface area contributed by atoms with E-state index in [4.69, 9.17) is 4.74 Å². The molecule has 1 unspecified atom stereocenters. The molecule has 2 aromatic rings. The maximum Gasteiger partial charge on any atom is 2.00 e. The van der Waals surface area contributed by atoms with Crippen molar-refractivity contribution in [3.8, 4) is 11.5 Å². The summed E-state index contributed by atoms with van der Waals surface area (Å²) in [6, 6.07) is 17.0. The zero-order valence-electron chi connectivity index (χ0n) is 19.0. The first kappa shape index (κ1) is 29.5. The van der Waals surface area contributed by atoms with Crippen LogP contribution in [0.15, 0.2) is 54.6 Å². The number of amides is 1. The van der Waals surface area contributed by atoms with Crippen molar-refractivity contribution in [2.75, 3.05) is 26.2 Å². The summed E-state index contributed by atoms with van der Waals surface area (Å²) in [5, 5.41) is 0. The topological polar surface area (TPSA) is 59.1 Å². The van der Waals surface area contributed by atoms with Crippen LogP contribution in [0.4, 0.5) is 18.0 Å². The minimum Gasteiger partial charge on any atom is -0.538 e. The number of para-hydroxylation sites is 1. The van der Waals surface area contributed by atoms with E-state index in [1.165, 1.54) is 0 Å². The molecule has 1 aliphatic heterocycles. The van der Waals surface area contributed by atoms with E-state index in [0.29, 0.717) is 31.7 Å². The van der Waals surface area contributed by atoms with E-state index in [1.807, 2.05) is 74.9 Å². The maximum absolute atomic E-state index is 12.5. The number of rotatable bonds is 6. The van der Waals surface area contributed by atoms with E-state index in [9.17, 15) is 22.8 Å². The summed E-state index contributed by atoms with van der Waals surface area (Å²) in [6.07, 6.45) is -6.29. The molecular formula is C24H27F3N2O4V. The molecular weight excluding hydrogens is 488 g/mol. The maximum atomic E-state index is 12.5. The quantitative estimate of drug-likeness (QED) is 0.507. The zero-order chi connectivity index (χ0) is 24.3. The molecule has 1 saturated heterocycles. The summed E-state index contributed by atoms with van der Waals surface area (Å²) in [5.74, 6) is 1.43. The predicted molar refractivity (Wildman–Crippen MR) is 117 cm³/mol. The van der Waals surface area contributed by atoms with Crippen molar-refractivity contribution in [3.63, 3.8) is 0 Å². The van der Waals surface area contributed by atoms with Gasteiger partial charge in [0, 0.05) is 32.7 Å². The summed E-state index contributed by atoms with van der Waals surface area (Å²) in [5.41, 5.74) is 1.01. The molecule has 2 aromatic carbocycles. The van der Waals surface area contributed by atoms with Crippen molar-refractivity contribution < 1.29 is 50.8 Å². The van der Waals surface area contributed by atoms with Crippen LogP contribution in [-0.2, 0) is 34.6 Å². The van der Waals surface area contributed by atoms with Crippen molar-refractivity contribution >= 4 is 12.4 Å². The van der Waals surface area contributed by atoms with Crippen molar-refractivity contribution in [2.24, 2.45) is 0 Å². The molecule has 0 aliphatic carbocycles. The second-order valence-corrected chi connectivity index (χ2v) is 7.33. The molecule has 0 saturated carbocycles. The van der Waals surface area contributed by atoms with Gasteiger partial charge in [-0.15, -0.1) is 0 Å². The molecule has 10 heteroatoms. The number of carbonyl (C=O) groups is 1. The van der Waals surface area contributed by atoms with Crippen LogP contribution in [-0.4, -0.2) is 60.6 Å². The molecule has 183 valence electrons. The van der Waals surface area contributed by atoms with Gasteiger partial charge >= 0.3 is 30.8 Å². The van der Waals surface area contributed by atoms with E-state index < -0.39 is 18.4 Å². The second-order valence-electron chi connectivity index (χ2n) is 7.33. The van der Waals surface area contributed by atoms with Crippen molar-refractivity contribution in [3.05, 3.63) is 66.6 Å². The Morgan fingerprint density at radius 3 is 2.18 bits per heavy atom. The standard InChI is InChI=1S/C21H20F3N2O4.C3H7.V/c22-21(23,24)19(15-27)30-20(28)26-11-9-25(10-12-26)14-16-5-4-8-18(13-16)29-17-6-2-1-3-7-17;1-3-2;/h1-8,13,19H,9-12,14H2;3H,1-2H3;/q2*-1;+2. The van der Waals surface area contributed by atoms with E-state index in [0.717, 1.165) is 16.2 Å². The molecule has 1 heterocycles. The van der Waals surface area contributed by atoms with Gasteiger partial charge in [-0.3, -0.25) is 4.90 Å². The largest absolute Gasteiger partial charge is 2.00 e. The first-order chi connectivity index (χ1) is 15.8. The number of nitrogens with zero attached hydrogens (tertiary/aromatic N) is 2. The molecule has 0 aromatic heterocycles. The van der Waals surface area contributed by atoms with Crippen molar-refractivity contribution in [1.29, 1.82) is 0 Å². The van der Waals surface area contributed by atoms with Gasteiger partial charge in [-0.2, -0.15) is 27.0 Å². The Bertz CT molecular complexity index is 876. The number of hydrogen-bond acceptors (Lipinski definition) is 5. The third-order valence-corrected chi connectivity index (χ3v) is 4.54. The van der Waals surface area contributed by atoms with Gasteiger partial charge in [0.15, 0.2) is 0 Å². The molecule has 1 fully saturated rings. The Kier molecular flexibility index (Phi) is 12.8. The fourth-order valence-corrected chi connectivity index (χ4v) is 3.01. The number of carbonyl (C=O) groups excluding carboxylic acids is 2. The van der Waals surface area contributed by atoms with Gasteiger partial charge in [-0.1, -0.05) is 30.3 Å². The number of alkyl halides is 3. The first-order valence-corrected chi connectivity index (χ1v) is 10.4. The Balaban J connectivity index is 0.00000137. The predicted octanol–water partition coefficient (Wildman–Crippen LogP) is 5.00. The van der Waals surface area contributed by atoms with Crippen LogP contribution in [0.2, 0.25) is 0 Å². The Morgan fingerprint density at radius 2 is 1.62 bits per heavy atom. The van der Waals surface area contributed by atoms with E-state index in [2.05, 4.69) is 9.64 Å². The van der Waals surface area contributed by atoms with Gasteiger partial charge in [0.25, 0.3) is 0 Å². The molecule has 0 bridgehead atoms. The average Bonchev–Trinajstić information content (AvgIpc) is 2.78. The van der Waals surface area contributed by atoms with Crippen LogP contribution in [0.1, 0.15) is 19.4 Å². The van der Waals surface area contributed by atoms with E-state index in [-0.39, 0.29) is 31.6 Å². The molecule has 1 radical (unpaired) electrons. The molecule has 3 rings (SSSR count). The number of halogens is 3. The summed E-state index contributed by atoms with van der Waals surface area (Å²) in [6.45, 7) is 5.91. The number of ether oxygens (including phenoxy) is 2. The van der Waals surface area contributed by atoms with Gasteiger partial charge in [-0.25, -0.2) is 11.1 Å². The van der Waals surface area contributed by atoms with Crippen molar-refractivity contribution in [1.82, 2.24) is 9.80 Å². The number of hydrogen-bond donors (Lipinski definition) is 0. The van der Waals surface area contributed by atoms with Gasteiger partial charge in [0.2, 0.25) is 0 Å². The zero-order valence-corrected chi connectivity index (χ0v) is 20.4.